The van der Waals surface area contributed by atoms with Crippen LogP contribution in [0.4, 0.5) is 5.82 Å². The monoisotopic (exact) mass is 218 g/mol. The van der Waals surface area contributed by atoms with Gasteiger partial charge < -0.3 is 14.6 Å². The first-order chi connectivity index (χ1) is 7.81. The van der Waals surface area contributed by atoms with Gasteiger partial charge in [-0.25, -0.2) is 9.97 Å². The Labute approximate surface area is 93.5 Å². The predicted octanol–water partition coefficient (Wildman–Crippen LogP) is 1.47. The van der Waals surface area contributed by atoms with Crippen molar-refractivity contribution in [1.82, 2.24) is 14.5 Å². The van der Waals surface area contributed by atoms with Crippen LogP contribution in [0.3, 0.4) is 0 Å². The summed E-state index contributed by atoms with van der Waals surface area (Å²) in [5, 5.41) is 4.41. The van der Waals surface area contributed by atoms with Crippen LogP contribution in [0.2, 0.25) is 0 Å². The van der Waals surface area contributed by atoms with Crippen LogP contribution in [0.15, 0.2) is 12.5 Å². The normalized spacial score (nSPS) is 19.5. The molecule has 0 aliphatic carbocycles. The summed E-state index contributed by atoms with van der Waals surface area (Å²) in [6.07, 6.45) is 4.76. The lowest BCUT2D eigenvalue weighted by molar-refractivity contribution is 0.100. The standard InChI is InChI=1S/C11H14N4O/c1-15-5-7-8(16-2)3-4-12-10-9(7)11(15)14-6-13-10/h5-6,8H,3-4H2,1-2H3,(H,12,13,14). The third-order valence-corrected chi connectivity index (χ3v) is 3.11. The van der Waals surface area contributed by atoms with E-state index in [-0.39, 0.29) is 6.10 Å². The van der Waals surface area contributed by atoms with Gasteiger partial charge in [0.2, 0.25) is 0 Å². The van der Waals surface area contributed by atoms with Crippen molar-refractivity contribution in [3.05, 3.63) is 18.1 Å². The summed E-state index contributed by atoms with van der Waals surface area (Å²) in [5.41, 5.74) is 2.14. The second kappa shape index (κ2) is 3.45. The quantitative estimate of drug-likeness (QED) is 0.787. The number of hydrogen-bond donors (Lipinski definition) is 1. The number of methoxy groups -OCH3 is 1. The summed E-state index contributed by atoms with van der Waals surface area (Å²) in [4.78, 5) is 8.60. The van der Waals surface area contributed by atoms with E-state index in [1.807, 2.05) is 11.6 Å². The lowest BCUT2D eigenvalue weighted by Gasteiger charge is -2.11. The van der Waals surface area contributed by atoms with Crippen molar-refractivity contribution in [2.75, 3.05) is 19.0 Å². The highest BCUT2D eigenvalue weighted by atomic mass is 16.5. The lowest BCUT2D eigenvalue weighted by Crippen LogP contribution is -2.06. The molecule has 16 heavy (non-hydrogen) atoms. The molecule has 1 atom stereocenters. The number of nitrogens with one attached hydrogen (secondary N) is 1. The smallest absolute Gasteiger partial charge is 0.145 e. The van der Waals surface area contributed by atoms with E-state index < -0.39 is 0 Å². The molecule has 5 heteroatoms. The fourth-order valence-corrected chi connectivity index (χ4v) is 2.34. The van der Waals surface area contributed by atoms with Crippen LogP contribution >= 0.6 is 0 Å². The van der Waals surface area contributed by atoms with Crippen LogP contribution in [0.25, 0.3) is 11.0 Å². The highest BCUT2D eigenvalue weighted by Crippen LogP contribution is 2.34. The molecule has 1 N–H and O–H groups in total. The van der Waals surface area contributed by atoms with Gasteiger partial charge in [-0.15, -0.1) is 0 Å². The minimum atomic E-state index is 0.128. The van der Waals surface area contributed by atoms with Gasteiger partial charge in [0.25, 0.3) is 0 Å². The molecule has 2 aromatic rings. The molecule has 0 spiro atoms. The van der Waals surface area contributed by atoms with Gasteiger partial charge >= 0.3 is 0 Å². The fourth-order valence-electron chi connectivity index (χ4n) is 2.34. The Kier molecular flexibility index (Phi) is 2.07. The Hall–Kier alpha value is -1.62. The van der Waals surface area contributed by atoms with Gasteiger partial charge in [-0.1, -0.05) is 0 Å². The molecule has 1 unspecified atom stereocenters. The maximum atomic E-state index is 5.52. The molecule has 3 rings (SSSR count). The number of hydrogen-bond acceptors (Lipinski definition) is 4. The largest absolute Gasteiger partial charge is 0.377 e. The van der Waals surface area contributed by atoms with E-state index in [0.29, 0.717) is 0 Å². The first-order valence-electron chi connectivity index (χ1n) is 5.38. The predicted molar refractivity (Wildman–Crippen MR) is 61.4 cm³/mol. The van der Waals surface area contributed by atoms with Crippen LogP contribution in [0, 0.1) is 0 Å². The molecule has 0 radical (unpaired) electrons. The van der Waals surface area contributed by atoms with E-state index >= 15 is 0 Å². The average molecular weight is 218 g/mol. The zero-order chi connectivity index (χ0) is 11.1. The van der Waals surface area contributed by atoms with Gasteiger partial charge in [0.15, 0.2) is 0 Å². The Morgan fingerprint density at radius 2 is 2.38 bits per heavy atom. The zero-order valence-corrected chi connectivity index (χ0v) is 9.40. The van der Waals surface area contributed by atoms with E-state index in [4.69, 9.17) is 4.74 Å². The lowest BCUT2D eigenvalue weighted by atomic mass is 10.1. The minimum absolute atomic E-state index is 0.128. The average Bonchev–Trinajstić information content (AvgIpc) is 2.54. The number of aromatic nitrogens is 3. The maximum absolute atomic E-state index is 5.52. The zero-order valence-electron chi connectivity index (χ0n) is 9.40. The second-order valence-electron chi connectivity index (χ2n) is 4.06. The van der Waals surface area contributed by atoms with E-state index in [1.165, 1.54) is 5.56 Å². The molecular formula is C11H14N4O. The minimum Gasteiger partial charge on any atom is -0.377 e. The summed E-state index contributed by atoms with van der Waals surface area (Å²) in [6.45, 7) is 0.878. The van der Waals surface area contributed by atoms with E-state index in [2.05, 4.69) is 21.5 Å². The molecule has 0 saturated heterocycles. The molecular weight excluding hydrogens is 204 g/mol. The van der Waals surface area contributed by atoms with Crippen molar-refractivity contribution >= 4 is 16.9 Å². The Morgan fingerprint density at radius 3 is 3.19 bits per heavy atom. The van der Waals surface area contributed by atoms with Crippen LogP contribution in [0.1, 0.15) is 18.1 Å². The topological polar surface area (TPSA) is 52.0 Å². The van der Waals surface area contributed by atoms with Crippen LogP contribution < -0.4 is 5.32 Å². The van der Waals surface area contributed by atoms with Gasteiger partial charge in [-0.3, -0.25) is 0 Å². The summed E-state index contributed by atoms with van der Waals surface area (Å²) in [5.74, 6) is 0.917. The third kappa shape index (κ3) is 1.21. The van der Waals surface area contributed by atoms with Gasteiger partial charge in [0, 0.05) is 32.5 Å². The molecule has 84 valence electrons. The van der Waals surface area contributed by atoms with E-state index in [9.17, 15) is 0 Å². The molecule has 1 aliphatic heterocycles. The van der Waals surface area contributed by atoms with Crippen LogP contribution in [-0.2, 0) is 11.8 Å². The van der Waals surface area contributed by atoms with Crippen molar-refractivity contribution in [3.63, 3.8) is 0 Å². The Morgan fingerprint density at radius 1 is 1.50 bits per heavy atom. The number of anilines is 1. The van der Waals surface area contributed by atoms with Crippen LogP contribution in [0.5, 0.6) is 0 Å². The molecule has 0 saturated carbocycles. The van der Waals surface area contributed by atoms with E-state index in [1.54, 1.807) is 13.4 Å². The highest BCUT2D eigenvalue weighted by molar-refractivity contribution is 5.91. The number of nitrogens with zero attached hydrogens (tertiary/aromatic N) is 3. The Balaban J connectivity index is 2.34. The molecule has 1 aliphatic rings. The summed E-state index contributed by atoms with van der Waals surface area (Å²) < 4.78 is 7.55. The highest BCUT2D eigenvalue weighted by Gasteiger charge is 2.23. The van der Waals surface area contributed by atoms with Gasteiger partial charge in [-0.05, 0) is 6.42 Å². The third-order valence-electron chi connectivity index (χ3n) is 3.11. The molecule has 5 nitrogen and oxygen atoms in total. The van der Waals surface area contributed by atoms with Crippen LogP contribution in [-0.4, -0.2) is 28.2 Å². The molecule has 0 aromatic carbocycles. The molecule has 0 amide bonds. The van der Waals surface area contributed by atoms with Crippen molar-refractivity contribution in [3.8, 4) is 0 Å². The number of rotatable bonds is 1. The first kappa shape index (κ1) is 9.59. The second-order valence-corrected chi connectivity index (χ2v) is 4.06. The van der Waals surface area contributed by atoms with E-state index in [0.717, 1.165) is 29.8 Å². The van der Waals surface area contributed by atoms with Crippen molar-refractivity contribution in [2.24, 2.45) is 7.05 Å². The SMILES string of the molecule is COC1CCNc2ncnc3c2c1cn3C. The van der Waals surface area contributed by atoms with Gasteiger partial charge in [0.05, 0.1) is 11.5 Å². The summed E-state index contributed by atoms with van der Waals surface area (Å²) >= 11 is 0. The molecule has 2 aromatic heterocycles. The van der Waals surface area contributed by atoms with Crippen molar-refractivity contribution < 1.29 is 4.74 Å². The summed E-state index contributed by atoms with van der Waals surface area (Å²) in [6, 6.07) is 0. The van der Waals surface area contributed by atoms with Crippen molar-refractivity contribution in [1.29, 1.82) is 0 Å². The summed E-state index contributed by atoms with van der Waals surface area (Å²) in [7, 11) is 3.75. The molecule has 0 bridgehead atoms. The first-order valence-corrected chi connectivity index (χ1v) is 5.38. The van der Waals surface area contributed by atoms with Crippen molar-refractivity contribution in [2.45, 2.75) is 12.5 Å². The Bertz CT molecular complexity index is 534. The van der Waals surface area contributed by atoms with Gasteiger partial charge in [0.1, 0.15) is 17.8 Å². The fraction of sp³-hybridized carbons (Fsp3) is 0.455. The molecule has 0 fully saturated rings. The molecule has 3 heterocycles. The van der Waals surface area contributed by atoms with Gasteiger partial charge in [-0.2, -0.15) is 0 Å². The number of ether oxygens (including phenoxy) is 1. The number of aryl methyl sites for hydroxylation is 1. The maximum Gasteiger partial charge on any atom is 0.145 e.